The maximum atomic E-state index is 11.0. The summed E-state index contributed by atoms with van der Waals surface area (Å²) in [6.07, 6.45) is 0.743. The molecule has 0 heterocycles. The minimum atomic E-state index is 0.460. The molecule has 0 unspecified atom stereocenters. The second-order valence-electron chi connectivity index (χ2n) is 4.12. The molecule has 0 spiro atoms. The largest absolute Gasteiger partial charge is 0.493 e. The van der Waals surface area contributed by atoms with Crippen molar-refractivity contribution in [3.05, 3.63) is 42.0 Å². The van der Waals surface area contributed by atoms with Gasteiger partial charge in [0.1, 0.15) is 11.5 Å². The Morgan fingerprint density at radius 1 is 0.857 bits per heavy atom. The minimum Gasteiger partial charge on any atom is -0.493 e. The molecule has 0 aliphatic carbocycles. The molecule has 2 aromatic rings. The van der Waals surface area contributed by atoms with E-state index in [1.807, 2.05) is 0 Å². The fourth-order valence-electron chi connectivity index (χ4n) is 1.91. The molecule has 0 aliphatic rings. The third-order valence-electron chi connectivity index (χ3n) is 2.91. The van der Waals surface area contributed by atoms with Gasteiger partial charge in [-0.25, -0.2) is 0 Å². The van der Waals surface area contributed by atoms with Crippen molar-refractivity contribution in [2.24, 2.45) is 0 Å². The number of para-hydroxylation sites is 1. The second kappa shape index (κ2) is 6.65. The zero-order chi connectivity index (χ0) is 15.2. The third-order valence-corrected chi connectivity index (χ3v) is 2.91. The van der Waals surface area contributed by atoms with E-state index in [1.165, 1.54) is 21.3 Å². The lowest BCUT2D eigenvalue weighted by atomic mass is 10.2. The Hall–Kier alpha value is -2.69. The van der Waals surface area contributed by atoms with Crippen molar-refractivity contribution in [3.8, 4) is 28.7 Å². The molecule has 0 aromatic heterocycles. The van der Waals surface area contributed by atoms with Crippen LogP contribution in [0.5, 0.6) is 28.7 Å². The summed E-state index contributed by atoms with van der Waals surface area (Å²) < 4.78 is 21.5. The van der Waals surface area contributed by atoms with Crippen molar-refractivity contribution >= 4 is 6.29 Å². The number of ether oxygens (including phenoxy) is 4. The highest BCUT2D eigenvalue weighted by molar-refractivity contribution is 5.79. The first-order chi connectivity index (χ1) is 10.2. The Labute approximate surface area is 123 Å². The minimum absolute atomic E-state index is 0.460. The second-order valence-corrected chi connectivity index (χ2v) is 4.12. The highest BCUT2D eigenvalue weighted by atomic mass is 16.5. The number of methoxy groups -OCH3 is 3. The van der Waals surface area contributed by atoms with Gasteiger partial charge in [0.2, 0.25) is 5.75 Å². The van der Waals surface area contributed by atoms with Crippen LogP contribution in [0.2, 0.25) is 0 Å². The van der Waals surface area contributed by atoms with Crippen LogP contribution in [0.15, 0.2) is 36.4 Å². The maximum absolute atomic E-state index is 11.0. The van der Waals surface area contributed by atoms with E-state index in [0.717, 1.165) is 6.29 Å². The van der Waals surface area contributed by atoms with Crippen LogP contribution in [-0.4, -0.2) is 27.6 Å². The Bertz CT molecular complexity index is 611. The van der Waals surface area contributed by atoms with Crippen molar-refractivity contribution in [1.29, 1.82) is 0 Å². The molecule has 0 atom stereocenters. The molecule has 0 radical (unpaired) electrons. The average molecular weight is 288 g/mol. The number of hydrogen-bond donors (Lipinski definition) is 0. The van der Waals surface area contributed by atoms with E-state index < -0.39 is 0 Å². The lowest BCUT2D eigenvalue weighted by Crippen LogP contribution is -1.97. The van der Waals surface area contributed by atoms with Crippen LogP contribution in [0.3, 0.4) is 0 Å². The molecular formula is C16H16O5. The summed E-state index contributed by atoms with van der Waals surface area (Å²) in [7, 11) is 4.59. The zero-order valence-electron chi connectivity index (χ0n) is 12.1. The smallest absolute Gasteiger partial charge is 0.203 e. The van der Waals surface area contributed by atoms with Gasteiger partial charge < -0.3 is 18.9 Å². The van der Waals surface area contributed by atoms with Gasteiger partial charge >= 0.3 is 0 Å². The molecule has 2 aromatic carbocycles. The molecule has 5 nitrogen and oxygen atoms in total. The molecule has 21 heavy (non-hydrogen) atoms. The summed E-state index contributed by atoms with van der Waals surface area (Å²) in [5, 5.41) is 0. The average Bonchev–Trinajstić information content (AvgIpc) is 2.54. The van der Waals surface area contributed by atoms with E-state index in [-0.39, 0.29) is 0 Å². The predicted molar refractivity (Wildman–Crippen MR) is 78.0 cm³/mol. The van der Waals surface area contributed by atoms with E-state index in [1.54, 1.807) is 36.4 Å². The monoisotopic (exact) mass is 288 g/mol. The standard InChI is InChI=1S/C16H16O5/c1-18-14-8-12(9-15(19-2)16(14)20-3)21-13-7-5-4-6-11(13)10-17/h4-10H,1-3H3. The first kappa shape index (κ1) is 14.7. The van der Waals surface area contributed by atoms with Gasteiger partial charge in [0.05, 0.1) is 26.9 Å². The van der Waals surface area contributed by atoms with Gasteiger partial charge in [0.15, 0.2) is 17.8 Å². The number of carbonyl (C=O) groups is 1. The lowest BCUT2D eigenvalue weighted by molar-refractivity contribution is 0.112. The highest BCUT2D eigenvalue weighted by Crippen LogP contribution is 2.42. The van der Waals surface area contributed by atoms with Crippen LogP contribution < -0.4 is 18.9 Å². The number of rotatable bonds is 6. The van der Waals surface area contributed by atoms with Crippen molar-refractivity contribution in [2.45, 2.75) is 0 Å². The van der Waals surface area contributed by atoms with E-state index in [9.17, 15) is 4.79 Å². The summed E-state index contributed by atoms with van der Waals surface area (Å²) in [4.78, 5) is 11.0. The fraction of sp³-hybridized carbons (Fsp3) is 0.188. The van der Waals surface area contributed by atoms with Crippen LogP contribution in [0.4, 0.5) is 0 Å². The molecule has 2 rings (SSSR count). The highest BCUT2D eigenvalue weighted by Gasteiger charge is 2.15. The van der Waals surface area contributed by atoms with Crippen LogP contribution >= 0.6 is 0 Å². The van der Waals surface area contributed by atoms with Gasteiger partial charge in [-0.1, -0.05) is 12.1 Å². The summed E-state index contributed by atoms with van der Waals surface area (Å²) in [5.74, 6) is 2.39. The van der Waals surface area contributed by atoms with Crippen LogP contribution in [0.1, 0.15) is 10.4 Å². The molecule has 0 amide bonds. The summed E-state index contributed by atoms with van der Waals surface area (Å²) in [5.41, 5.74) is 0.464. The molecule has 5 heteroatoms. The van der Waals surface area contributed by atoms with Gasteiger partial charge in [-0.15, -0.1) is 0 Å². The molecule has 0 saturated heterocycles. The van der Waals surface area contributed by atoms with E-state index in [2.05, 4.69) is 0 Å². The van der Waals surface area contributed by atoms with E-state index in [0.29, 0.717) is 34.3 Å². The Balaban J connectivity index is 2.42. The first-order valence-corrected chi connectivity index (χ1v) is 6.25. The normalized spacial score (nSPS) is 9.86. The van der Waals surface area contributed by atoms with Crippen LogP contribution in [-0.2, 0) is 0 Å². The molecule has 0 saturated carbocycles. The summed E-state index contributed by atoms with van der Waals surface area (Å²) >= 11 is 0. The number of aldehydes is 1. The third kappa shape index (κ3) is 3.08. The Morgan fingerprint density at radius 2 is 1.48 bits per heavy atom. The maximum Gasteiger partial charge on any atom is 0.203 e. The van der Waals surface area contributed by atoms with Crippen LogP contribution in [0, 0.1) is 0 Å². The van der Waals surface area contributed by atoms with Gasteiger partial charge in [-0.05, 0) is 12.1 Å². The molecule has 0 N–H and O–H groups in total. The van der Waals surface area contributed by atoms with Crippen LogP contribution in [0.25, 0.3) is 0 Å². The van der Waals surface area contributed by atoms with Crippen molar-refractivity contribution in [1.82, 2.24) is 0 Å². The van der Waals surface area contributed by atoms with Crippen molar-refractivity contribution in [3.63, 3.8) is 0 Å². The summed E-state index contributed by atoms with van der Waals surface area (Å²) in [6, 6.07) is 10.3. The number of carbonyl (C=O) groups excluding carboxylic acids is 1. The number of benzene rings is 2. The Kier molecular flexibility index (Phi) is 4.66. The molecule has 0 bridgehead atoms. The SMILES string of the molecule is COc1cc(Oc2ccccc2C=O)cc(OC)c1OC. The van der Waals surface area contributed by atoms with Gasteiger partial charge in [-0.3, -0.25) is 4.79 Å². The topological polar surface area (TPSA) is 54.0 Å². The molecule has 0 aliphatic heterocycles. The van der Waals surface area contributed by atoms with Crippen molar-refractivity contribution < 1.29 is 23.7 Å². The molecular weight excluding hydrogens is 272 g/mol. The number of hydrogen-bond acceptors (Lipinski definition) is 5. The molecule has 110 valence electrons. The zero-order valence-corrected chi connectivity index (χ0v) is 12.1. The van der Waals surface area contributed by atoms with Crippen molar-refractivity contribution in [2.75, 3.05) is 21.3 Å². The van der Waals surface area contributed by atoms with Gasteiger partial charge in [0.25, 0.3) is 0 Å². The lowest BCUT2D eigenvalue weighted by Gasteiger charge is -2.15. The summed E-state index contributed by atoms with van der Waals surface area (Å²) in [6.45, 7) is 0. The fourth-order valence-corrected chi connectivity index (χ4v) is 1.91. The van der Waals surface area contributed by atoms with Gasteiger partial charge in [-0.2, -0.15) is 0 Å². The Morgan fingerprint density at radius 3 is 2.00 bits per heavy atom. The first-order valence-electron chi connectivity index (χ1n) is 6.25. The van der Waals surface area contributed by atoms with Gasteiger partial charge in [0, 0.05) is 12.1 Å². The predicted octanol–water partition coefficient (Wildman–Crippen LogP) is 3.32. The van der Waals surface area contributed by atoms with E-state index >= 15 is 0 Å². The molecule has 0 fully saturated rings. The quantitative estimate of drug-likeness (QED) is 0.763. The van der Waals surface area contributed by atoms with E-state index in [4.69, 9.17) is 18.9 Å².